The molecular formula is C19H32N4O. The first-order valence-corrected chi connectivity index (χ1v) is 9.59. The molecule has 24 heavy (non-hydrogen) atoms. The third-order valence-corrected chi connectivity index (χ3v) is 5.92. The van der Waals surface area contributed by atoms with Crippen LogP contribution in [0.25, 0.3) is 0 Å². The molecule has 0 radical (unpaired) electrons. The lowest BCUT2D eigenvalue weighted by atomic mass is 9.69. The van der Waals surface area contributed by atoms with Gasteiger partial charge in [-0.1, -0.05) is 19.3 Å². The number of rotatable bonds is 3. The van der Waals surface area contributed by atoms with E-state index in [0.29, 0.717) is 5.41 Å². The van der Waals surface area contributed by atoms with Crippen molar-refractivity contribution in [1.82, 2.24) is 20.0 Å². The van der Waals surface area contributed by atoms with Gasteiger partial charge in [-0.25, -0.2) is 4.79 Å². The van der Waals surface area contributed by atoms with Gasteiger partial charge in [0.15, 0.2) is 0 Å². The van der Waals surface area contributed by atoms with E-state index in [0.717, 1.165) is 25.9 Å². The fraction of sp³-hybridized carbons (Fsp3) is 0.789. The summed E-state index contributed by atoms with van der Waals surface area (Å²) in [6, 6.07) is 0.243. The number of carbonyl (C=O) groups is 1. The molecule has 0 bridgehead atoms. The highest BCUT2D eigenvalue weighted by atomic mass is 16.2. The van der Waals surface area contributed by atoms with Crippen LogP contribution in [0.1, 0.15) is 63.9 Å². The van der Waals surface area contributed by atoms with E-state index in [2.05, 4.69) is 17.3 Å². The summed E-state index contributed by atoms with van der Waals surface area (Å²) in [7, 11) is 1.92. The van der Waals surface area contributed by atoms with Crippen molar-refractivity contribution in [3.05, 3.63) is 18.0 Å². The van der Waals surface area contributed by atoms with Gasteiger partial charge in [0.05, 0.1) is 6.20 Å². The van der Waals surface area contributed by atoms with Crippen LogP contribution in [0.15, 0.2) is 12.4 Å². The standard InChI is InChI=1S/C19H32N4O/c1-16(13-17-14-20-22(2)15-17)21-18(24)23-11-6-9-19(10-12-23)7-4-3-5-8-19/h14-16H,3-13H2,1-2H3,(H,21,24). The fourth-order valence-electron chi connectivity index (χ4n) is 4.54. The molecule has 1 unspecified atom stereocenters. The van der Waals surface area contributed by atoms with Crippen molar-refractivity contribution in [2.45, 2.75) is 70.8 Å². The predicted octanol–water partition coefficient (Wildman–Crippen LogP) is 3.50. The highest BCUT2D eigenvalue weighted by Crippen LogP contribution is 2.44. The molecule has 1 N–H and O–H groups in total. The van der Waals surface area contributed by atoms with Crippen LogP contribution < -0.4 is 5.32 Å². The number of hydrogen-bond acceptors (Lipinski definition) is 2. The van der Waals surface area contributed by atoms with Gasteiger partial charge in [-0.15, -0.1) is 0 Å². The van der Waals surface area contributed by atoms with E-state index < -0.39 is 0 Å². The quantitative estimate of drug-likeness (QED) is 0.921. The van der Waals surface area contributed by atoms with Crippen LogP contribution in [0.2, 0.25) is 0 Å². The van der Waals surface area contributed by atoms with Gasteiger partial charge in [-0.05, 0) is 56.4 Å². The second-order valence-electron chi connectivity index (χ2n) is 7.98. The molecule has 5 nitrogen and oxygen atoms in total. The zero-order chi connectivity index (χ0) is 17.0. The monoisotopic (exact) mass is 332 g/mol. The number of carbonyl (C=O) groups excluding carboxylic acids is 1. The summed E-state index contributed by atoms with van der Waals surface area (Å²) in [5, 5.41) is 7.37. The zero-order valence-electron chi connectivity index (χ0n) is 15.3. The minimum atomic E-state index is 0.110. The Morgan fingerprint density at radius 1 is 1.21 bits per heavy atom. The van der Waals surface area contributed by atoms with Gasteiger partial charge in [0.25, 0.3) is 0 Å². The minimum Gasteiger partial charge on any atom is -0.335 e. The van der Waals surface area contributed by atoms with Gasteiger partial charge in [-0.2, -0.15) is 5.10 Å². The lowest BCUT2D eigenvalue weighted by Crippen LogP contribution is -2.45. The molecule has 1 aliphatic heterocycles. The van der Waals surface area contributed by atoms with Crippen molar-refractivity contribution in [1.29, 1.82) is 0 Å². The Balaban J connectivity index is 1.49. The van der Waals surface area contributed by atoms with E-state index >= 15 is 0 Å². The number of likely N-dealkylation sites (tertiary alicyclic amines) is 1. The van der Waals surface area contributed by atoms with Crippen molar-refractivity contribution in [2.24, 2.45) is 12.5 Å². The number of hydrogen-bond donors (Lipinski definition) is 1. The number of amides is 2. The maximum absolute atomic E-state index is 12.6. The topological polar surface area (TPSA) is 50.2 Å². The SMILES string of the molecule is CC(Cc1cnn(C)c1)NC(=O)N1CCCC2(CCCCC2)CC1. The Hall–Kier alpha value is -1.52. The number of aryl methyl sites for hydroxylation is 1. The van der Waals surface area contributed by atoms with Crippen LogP contribution in [-0.2, 0) is 13.5 Å². The fourth-order valence-corrected chi connectivity index (χ4v) is 4.54. The highest BCUT2D eigenvalue weighted by Gasteiger charge is 2.34. The molecule has 3 rings (SSSR count). The smallest absolute Gasteiger partial charge is 0.317 e. The maximum Gasteiger partial charge on any atom is 0.317 e. The molecule has 2 aliphatic rings. The van der Waals surface area contributed by atoms with Gasteiger partial charge >= 0.3 is 6.03 Å². The van der Waals surface area contributed by atoms with Crippen molar-refractivity contribution < 1.29 is 4.79 Å². The van der Waals surface area contributed by atoms with E-state index in [1.807, 2.05) is 29.0 Å². The molecular weight excluding hydrogens is 300 g/mol. The van der Waals surface area contributed by atoms with Crippen molar-refractivity contribution in [2.75, 3.05) is 13.1 Å². The van der Waals surface area contributed by atoms with E-state index in [1.165, 1.54) is 50.5 Å². The molecule has 1 spiro atoms. The summed E-state index contributed by atoms with van der Waals surface area (Å²) in [5.41, 5.74) is 1.71. The average molecular weight is 332 g/mol. The Labute approximate surface area is 145 Å². The lowest BCUT2D eigenvalue weighted by molar-refractivity contribution is 0.157. The maximum atomic E-state index is 12.6. The van der Waals surface area contributed by atoms with Crippen LogP contribution in [0.3, 0.4) is 0 Å². The highest BCUT2D eigenvalue weighted by molar-refractivity contribution is 5.74. The summed E-state index contributed by atoms with van der Waals surface area (Å²) < 4.78 is 1.81. The molecule has 1 aromatic rings. The molecule has 2 amide bonds. The third kappa shape index (κ3) is 4.31. The molecule has 0 aromatic carbocycles. The molecule has 5 heteroatoms. The van der Waals surface area contributed by atoms with Crippen molar-refractivity contribution in [3.8, 4) is 0 Å². The average Bonchev–Trinajstić information content (AvgIpc) is 2.85. The Kier molecular flexibility index (Phi) is 5.47. The van der Waals surface area contributed by atoms with E-state index in [9.17, 15) is 4.79 Å². The summed E-state index contributed by atoms with van der Waals surface area (Å²) in [6.45, 7) is 3.91. The molecule has 2 fully saturated rings. The van der Waals surface area contributed by atoms with Gasteiger partial charge < -0.3 is 10.2 Å². The van der Waals surface area contributed by atoms with Gasteiger partial charge in [0.1, 0.15) is 0 Å². The first-order valence-electron chi connectivity index (χ1n) is 9.59. The van der Waals surface area contributed by atoms with E-state index in [4.69, 9.17) is 0 Å². The lowest BCUT2D eigenvalue weighted by Gasteiger charge is -2.36. The summed E-state index contributed by atoms with van der Waals surface area (Å²) >= 11 is 0. The molecule has 1 saturated carbocycles. The van der Waals surface area contributed by atoms with E-state index in [-0.39, 0.29) is 12.1 Å². The van der Waals surface area contributed by atoms with Crippen LogP contribution in [0, 0.1) is 5.41 Å². The molecule has 1 atom stereocenters. The number of urea groups is 1. The van der Waals surface area contributed by atoms with Gasteiger partial charge in [-0.3, -0.25) is 4.68 Å². The Bertz CT molecular complexity index is 547. The summed E-state index contributed by atoms with van der Waals surface area (Å²) in [4.78, 5) is 14.7. The molecule has 2 heterocycles. The molecule has 1 aromatic heterocycles. The van der Waals surface area contributed by atoms with Crippen LogP contribution in [0.5, 0.6) is 0 Å². The number of nitrogens with zero attached hydrogens (tertiary/aromatic N) is 3. The van der Waals surface area contributed by atoms with Crippen LogP contribution in [0.4, 0.5) is 4.79 Å². The Morgan fingerprint density at radius 2 is 1.96 bits per heavy atom. The summed E-state index contributed by atoms with van der Waals surface area (Å²) in [5.74, 6) is 0. The number of nitrogens with one attached hydrogen (secondary N) is 1. The summed E-state index contributed by atoms with van der Waals surface area (Å²) in [6.07, 6.45) is 15.3. The molecule has 1 saturated heterocycles. The second-order valence-corrected chi connectivity index (χ2v) is 7.98. The third-order valence-electron chi connectivity index (χ3n) is 5.92. The number of aromatic nitrogens is 2. The largest absolute Gasteiger partial charge is 0.335 e. The van der Waals surface area contributed by atoms with Crippen molar-refractivity contribution in [3.63, 3.8) is 0 Å². The first kappa shape index (κ1) is 17.3. The van der Waals surface area contributed by atoms with Gasteiger partial charge in [0, 0.05) is 32.4 Å². The molecule has 134 valence electrons. The Morgan fingerprint density at radius 3 is 2.67 bits per heavy atom. The minimum absolute atomic E-state index is 0.110. The zero-order valence-corrected chi connectivity index (χ0v) is 15.3. The molecule has 1 aliphatic carbocycles. The first-order chi connectivity index (χ1) is 11.6. The van der Waals surface area contributed by atoms with Crippen molar-refractivity contribution >= 4 is 6.03 Å². The van der Waals surface area contributed by atoms with E-state index in [1.54, 1.807) is 0 Å². The van der Waals surface area contributed by atoms with Gasteiger partial charge in [0.2, 0.25) is 0 Å². The predicted molar refractivity (Wildman–Crippen MR) is 95.8 cm³/mol. The second kappa shape index (κ2) is 7.58. The van der Waals surface area contributed by atoms with Crippen LogP contribution >= 0.6 is 0 Å². The normalized spacial score (nSPS) is 22.2. The van der Waals surface area contributed by atoms with Crippen LogP contribution in [-0.4, -0.2) is 39.8 Å².